The van der Waals surface area contributed by atoms with E-state index in [0.717, 1.165) is 6.42 Å². The normalized spacial score (nSPS) is 11.5. The lowest BCUT2D eigenvalue weighted by atomic mass is 10.3. The van der Waals surface area contributed by atoms with Crippen LogP contribution < -0.4 is 15.2 Å². The molecule has 3 N–H and O–H groups in total. The second-order valence-corrected chi connectivity index (χ2v) is 5.97. The third-order valence-electron chi connectivity index (χ3n) is 2.57. The molecule has 0 aromatic heterocycles. The Morgan fingerprint density at radius 2 is 1.85 bits per heavy atom. The van der Waals surface area contributed by atoms with Gasteiger partial charge in [-0.25, -0.2) is 13.1 Å². The molecule has 1 rings (SSSR count). The molecule has 0 aliphatic heterocycles. The van der Waals surface area contributed by atoms with Gasteiger partial charge in [0.25, 0.3) is 0 Å². The number of nitrogens with two attached hydrogens (primary N) is 1. The van der Waals surface area contributed by atoms with Gasteiger partial charge in [-0.3, -0.25) is 0 Å². The Hall–Kier alpha value is -1.15. The standard InChI is InChI=1S/C13H22N2O4S/c1-18-10-3-9-15-20(16,17)13-6-4-12(5-7-13)19-11-2-8-14/h4-7,15H,2-3,8-11,14H2,1H3. The zero-order chi connectivity index (χ0) is 14.8. The molecule has 0 atom stereocenters. The van der Waals surface area contributed by atoms with Gasteiger partial charge in [-0.1, -0.05) is 0 Å². The number of benzene rings is 1. The lowest BCUT2D eigenvalue weighted by Crippen LogP contribution is -2.25. The third kappa shape index (κ3) is 5.87. The number of sulfonamides is 1. The SMILES string of the molecule is COCCCNS(=O)(=O)c1ccc(OCCCN)cc1. The molecule has 20 heavy (non-hydrogen) atoms. The first kappa shape index (κ1) is 16.9. The van der Waals surface area contributed by atoms with E-state index in [1.807, 2.05) is 0 Å². The van der Waals surface area contributed by atoms with Gasteiger partial charge >= 0.3 is 0 Å². The smallest absolute Gasteiger partial charge is 0.240 e. The summed E-state index contributed by atoms with van der Waals surface area (Å²) in [5.74, 6) is 0.636. The van der Waals surface area contributed by atoms with Crippen LogP contribution in [0, 0.1) is 0 Å². The zero-order valence-electron chi connectivity index (χ0n) is 11.7. The van der Waals surface area contributed by atoms with Gasteiger partial charge in [0.2, 0.25) is 10.0 Å². The first-order chi connectivity index (χ1) is 9.60. The maximum Gasteiger partial charge on any atom is 0.240 e. The van der Waals surface area contributed by atoms with Crippen LogP contribution >= 0.6 is 0 Å². The van der Waals surface area contributed by atoms with Gasteiger partial charge in [-0.15, -0.1) is 0 Å². The first-order valence-electron chi connectivity index (χ1n) is 6.51. The van der Waals surface area contributed by atoms with E-state index in [9.17, 15) is 8.42 Å². The van der Waals surface area contributed by atoms with E-state index in [0.29, 0.717) is 38.5 Å². The van der Waals surface area contributed by atoms with Crippen LogP contribution in [0.25, 0.3) is 0 Å². The van der Waals surface area contributed by atoms with Gasteiger partial charge in [0.05, 0.1) is 11.5 Å². The first-order valence-corrected chi connectivity index (χ1v) is 8.00. The summed E-state index contributed by atoms with van der Waals surface area (Å²) >= 11 is 0. The Labute approximate surface area is 120 Å². The molecule has 0 bridgehead atoms. The Kier molecular flexibility index (Phi) is 7.53. The molecule has 0 saturated heterocycles. The molecule has 1 aromatic rings. The molecule has 0 radical (unpaired) electrons. The van der Waals surface area contributed by atoms with E-state index in [1.165, 1.54) is 12.1 Å². The zero-order valence-corrected chi connectivity index (χ0v) is 12.5. The summed E-state index contributed by atoms with van der Waals surface area (Å²) in [4.78, 5) is 0.223. The fraction of sp³-hybridized carbons (Fsp3) is 0.538. The largest absolute Gasteiger partial charge is 0.494 e. The number of hydrogen-bond acceptors (Lipinski definition) is 5. The van der Waals surface area contributed by atoms with Gasteiger partial charge in [0.15, 0.2) is 0 Å². The monoisotopic (exact) mass is 302 g/mol. The van der Waals surface area contributed by atoms with Crippen LogP contribution in [0.1, 0.15) is 12.8 Å². The van der Waals surface area contributed by atoms with E-state index < -0.39 is 10.0 Å². The van der Waals surface area contributed by atoms with E-state index in [4.69, 9.17) is 15.2 Å². The van der Waals surface area contributed by atoms with Gasteiger partial charge in [-0.2, -0.15) is 0 Å². The maximum absolute atomic E-state index is 12.0. The molecule has 6 nitrogen and oxygen atoms in total. The molecule has 0 amide bonds. The Morgan fingerprint density at radius 1 is 1.15 bits per heavy atom. The molecule has 1 aromatic carbocycles. The topological polar surface area (TPSA) is 90.6 Å². The fourth-order valence-corrected chi connectivity index (χ4v) is 2.57. The maximum atomic E-state index is 12.0. The Balaban J connectivity index is 2.53. The van der Waals surface area contributed by atoms with Crippen LogP contribution in [0.2, 0.25) is 0 Å². The quantitative estimate of drug-likeness (QED) is 0.622. The molecule has 114 valence electrons. The van der Waals surface area contributed by atoms with E-state index in [2.05, 4.69) is 4.72 Å². The highest BCUT2D eigenvalue weighted by Crippen LogP contribution is 2.15. The second kappa shape index (κ2) is 8.91. The number of ether oxygens (including phenoxy) is 2. The van der Waals surface area contributed by atoms with E-state index >= 15 is 0 Å². The number of nitrogens with one attached hydrogen (secondary N) is 1. The van der Waals surface area contributed by atoms with Crippen LogP contribution in [-0.4, -0.2) is 41.8 Å². The predicted octanol–water partition coefficient (Wildman–Crippen LogP) is 0.729. The van der Waals surface area contributed by atoms with Crippen molar-refractivity contribution in [1.82, 2.24) is 4.72 Å². The minimum Gasteiger partial charge on any atom is -0.494 e. The number of hydrogen-bond donors (Lipinski definition) is 2. The molecule has 0 saturated carbocycles. The lowest BCUT2D eigenvalue weighted by Gasteiger charge is -2.08. The van der Waals surface area contributed by atoms with Crippen LogP contribution in [0.3, 0.4) is 0 Å². The van der Waals surface area contributed by atoms with Crippen molar-refractivity contribution in [3.8, 4) is 5.75 Å². The third-order valence-corrected chi connectivity index (χ3v) is 4.05. The number of methoxy groups -OCH3 is 1. The molecule has 0 fully saturated rings. The summed E-state index contributed by atoms with van der Waals surface area (Å²) in [6.07, 6.45) is 1.40. The summed E-state index contributed by atoms with van der Waals surface area (Å²) in [5, 5.41) is 0. The summed E-state index contributed by atoms with van der Waals surface area (Å²) in [5.41, 5.74) is 5.37. The van der Waals surface area contributed by atoms with Gasteiger partial charge < -0.3 is 15.2 Å². The van der Waals surface area contributed by atoms with Crippen molar-refractivity contribution in [2.75, 3.05) is 33.4 Å². The van der Waals surface area contributed by atoms with E-state index in [1.54, 1.807) is 19.2 Å². The highest BCUT2D eigenvalue weighted by atomic mass is 32.2. The average molecular weight is 302 g/mol. The van der Waals surface area contributed by atoms with E-state index in [-0.39, 0.29) is 4.90 Å². The average Bonchev–Trinajstić information content (AvgIpc) is 2.45. The van der Waals surface area contributed by atoms with Gasteiger partial charge in [0, 0.05) is 20.3 Å². The van der Waals surface area contributed by atoms with Gasteiger partial charge in [0.1, 0.15) is 5.75 Å². The van der Waals surface area contributed by atoms with Crippen molar-refractivity contribution in [2.45, 2.75) is 17.7 Å². The van der Waals surface area contributed by atoms with Crippen LogP contribution in [0.5, 0.6) is 5.75 Å². The molecule has 0 aliphatic rings. The van der Waals surface area contributed by atoms with Crippen LogP contribution in [0.15, 0.2) is 29.2 Å². The summed E-state index contributed by atoms with van der Waals surface area (Å²) < 4.78 is 36.7. The molecule has 0 unspecified atom stereocenters. The van der Waals surface area contributed by atoms with Crippen molar-refractivity contribution in [3.05, 3.63) is 24.3 Å². The second-order valence-electron chi connectivity index (χ2n) is 4.21. The highest BCUT2D eigenvalue weighted by molar-refractivity contribution is 7.89. The molecule has 0 heterocycles. The van der Waals surface area contributed by atoms with Crippen molar-refractivity contribution in [1.29, 1.82) is 0 Å². The summed E-state index contributed by atoms with van der Waals surface area (Å²) in [7, 11) is -1.88. The molecular weight excluding hydrogens is 280 g/mol. The fourth-order valence-electron chi connectivity index (χ4n) is 1.49. The predicted molar refractivity (Wildman–Crippen MR) is 77.3 cm³/mol. The molecule has 0 aliphatic carbocycles. The van der Waals surface area contributed by atoms with Crippen molar-refractivity contribution in [3.63, 3.8) is 0 Å². The molecule has 7 heteroatoms. The Bertz CT molecular complexity index is 474. The lowest BCUT2D eigenvalue weighted by molar-refractivity contribution is 0.196. The van der Waals surface area contributed by atoms with Crippen molar-refractivity contribution < 1.29 is 17.9 Å². The van der Waals surface area contributed by atoms with Crippen LogP contribution in [0.4, 0.5) is 0 Å². The van der Waals surface area contributed by atoms with Crippen LogP contribution in [-0.2, 0) is 14.8 Å². The molecule has 0 spiro atoms. The van der Waals surface area contributed by atoms with Crippen molar-refractivity contribution in [2.24, 2.45) is 5.73 Å². The Morgan fingerprint density at radius 3 is 2.45 bits per heavy atom. The minimum atomic E-state index is -3.46. The number of rotatable bonds is 10. The minimum absolute atomic E-state index is 0.223. The summed E-state index contributed by atoms with van der Waals surface area (Å²) in [6.45, 7) is 1.97. The highest BCUT2D eigenvalue weighted by Gasteiger charge is 2.12. The summed E-state index contributed by atoms with van der Waals surface area (Å²) in [6, 6.07) is 6.33. The van der Waals surface area contributed by atoms with Crippen molar-refractivity contribution >= 4 is 10.0 Å². The molecular formula is C13H22N2O4S. The van der Waals surface area contributed by atoms with Gasteiger partial charge in [-0.05, 0) is 43.7 Å².